The number of methoxy groups -OCH3 is 1. The SMILES string of the molecule is COC(=O)/C=C/c1cc([N+](=O)[O-])cn1C. The van der Waals surface area contributed by atoms with Crippen LogP contribution >= 0.6 is 0 Å². The Morgan fingerprint density at radius 1 is 1.67 bits per heavy atom. The van der Waals surface area contributed by atoms with Gasteiger partial charge in [-0.3, -0.25) is 10.1 Å². The van der Waals surface area contributed by atoms with Gasteiger partial charge < -0.3 is 9.30 Å². The fraction of sp³-hybridized carbons (Fsp3) is 0.222. The van der Waals surface area contributed by atoms with Crippen molar-refractivity contribution in [3.8, 4) is 0 Å². The van der Waals surface area contributed by atoms with Crippen molar-refractivity contribution in [1.29, 1.82) is 0 Å². The molecule has 15 heavy (non-hydrogen) atoms. The maximum absolute atomic E-state index is 10.8. The Hall–Kier alpha value is -2.11. The molecule has 0 spiro atoms. The summed E-state index contributed by atoms with van der Waals surface area (Å²) in [5.74, 6) is -0.501. The maximum Gasteiger partial charge on any atom is 0.330 e. The number of ether oxygens (including phenoxy) is 1. The minimum absolute atomic E-state index is 0.0120. The number of carbonyl (C=O) groups is 1. The Balaban J connectivity index is 2.91. The first kappa shape index (κ1) is 11.0. The lowest BCUT2D eigenvalue weighted by atomic mass is 10.3. The Labute approximate surface area is 85.9 Å². The third kappa shape index (κ3) is 2.67. The summed E-state index contributed by atoms with van der Waals surface area (Å²) in [5, 5.41) is 10.4. The van der Waals surface area contributed by atoms with E-state index in [0.717, 1.165) is 0 Å². The monoisotopic (exact) mass is 210 g/mol. The number of hydrogen-bond acceptors (Lipinski definition) is 4. The molecular formula is C9H10N2O4. The van der Waals surface area contributed by atoms with Gasteiger partial charge in [-0.15, -0.1) is 0 Å². The zero-order chi connectivity index (χ0) is 11.4. The lowest BCUT2D eigenvalue weighted by Gasteiger charge is -1.93. The summed E-state index contributed by atoms with van der Waals surface area (Å²) >= 11 is 0. The van der Waals surface area contributed by atoms with Gasteiger partial charge in [-0.25, -0.2) is 4.79 Å². The topological polar surface area (TPSA) is 74.4 Å². The van der Waals surface area contributed by atoms with E-state index in [1.807, 2.05) is 0 Å². The maximum atomic E-state index is 10.8. The van der Waals surface area contributed by atoms with Gasteiger partial charge in [0, 0.05) is 24.9 Å². The molecule has 0 amide bonds. The van der Waals surface area contributed by atoms with E-state index in [-0.39, 0.29) is 5.69 Å². The van der Waals surface area contributed by atoms with Crippen LogP contribution in [-0.4, -0.2) is 22.6 Å². The van der Waals surface area contributed by atoms with E-state index < -0.39 is 10.9 Å². The van der Waals surface area contributed by atoms with Gasteiger partial charge in [0.05, 0.1) is 18.2 Å². The van der Waals surface area contributed by atoms with Crippen LogP contribution in [0.15, 0.2) is 18.3 Å². The molecule has 0 unspecified atom stereocenters. The number of esters is 1. The molecular weight excluding hydrogens is 200 g/mol. The van der Waals surface area contributed by atoms with Gasteiger partial charge in [-0.1, -0.05) is 0 Å². The molecule has 0 fully saturated rings. The number of rotatable bonds is 3. The first-order valence-corrected chi connectivity index (χ1v) is 4.11. The molecule has 0 N–H and O–H groups in total. The zero-order valence-corrected chi connectivity index (χ0v) is 8.34. The van der Waals surface area contributed by atoms with Gasteiger partial charge in [0.2, 0.25) is 0 Å². The molecule has 0 radical (unpaired) electrons. The van der Waals surface area contributed by atoms with Gasteiger partial charge in [-0.05, 0) is 6.08 Å². The van der Waals surface area contributed by atoms with E-state index in [4.69, 9.17) is 0 Å². The summed E-state index contributed by atoms with van der Waals surface area (Å²) in [6.07, 6.45) is 4.04. The smallest absolute Gasteiger partial charge is 0.330 e. The molecule has 0 aliphatic heterocycles. The van der Waals surface area contributed by atoms with E-state index >= 15 is 0 Å². The summed E-state index contributed by atoms with van der Waals surface area (Å²) < 4.78 is 5.95. The fourth-order valence-corrected chi connectivity index (χ4v) is 1.05. The molecule has 0 atom stereocenters. The predicted octanol–water partition coefficient (Wildman–Crippen LogP) is 1.12. The third-order valence-electron chi connectivity index (χ3n) is 1.83. The summed E-state index contributed by atoms with van der Waals surface area (Å²) in [5.41, 5.74) is 0.550. The number of carbonyl (C=O) groups excluding carboxylic acids is 1. The molecule has 1 aromatic heterocycles. The molecule has 6 nitrogen and oxygen atoms in total. The molecule has 6 heteroatoms. The van der Waals surface area contributed by atoms with Gasteiger partial charge in [0.25, 0.3) is 5.69 Å². The average Bonchev–Trinajstić information content (AvgIpc) is 2.56. The second-order valence-corrected chi connectivity index (χ2v) is 2.85. The molecule has 80 valence electrons. The van der Waals surface area contributed by atoms with Crippen LogP contribution in [0, 0.1) is 10.1 Å². The third-order valence-corrected chi connectivity index (χ3v) is 1.83. The highest BCUT2D eigenvalue weighted by Gasteiger charge is 2.09. The molecule has 0 bridgehead atoms. The van der Waals surface area contributed by atoms with Crippen molar-refractivity contribution in [3.05, 3.63) is 34.1 Å². The van der Waals surface area contributed by atoms with Crippen molar-refractivity contribution < 1.29 is 14.5 Å². The Morgan fingerprint density at radius 3 is 2.80 bits per heavy atom. The molecule has 1 heterocycles. The number of nitro groups is 1. The minimum Gasteiger partial charge on any atom is -0.466 e. The average molecular weight is 210 g/mol. The lowest BCUT2D eigenvalue weighted by Crippen LogP contribution is -1.94. The van der Waals surface area contributed by atoms with Crippen molar-refractivity contribution in [2.24, 2.45) is 7.05 Å². The summed E-state index contributed by atoms with van der Waals surface area (Å²) in [6.45, 7) is 0. The lowest BCUT2D eigenvalue weighted by molar-refractivity contribution is -0.384. The highest BCUT2D eigenvalue weighted by molar-refractivity contribution is 5.86. The van der Waals surface area contributed by atoms with E-state index in [1.165, 1.54) is 31.5 Å². The normalized spacial score (nSPS) is 10.5. The van der Waals surface area contributed by atoms with Crippen LogP contribution in [0.4, 0.5) is 5.69 Å². The minimum atomic E-state index is -0.501. The van der Waals surface area contributed by atoms with Crippen molar-refractivity contribution >= 4 is 17.7 Å². The molecule has 1 rings (SSSR count). The summed E-state index contributed by atoms with van der Waals surface area (Å²) in [6, 6.07) is 1.37. The second-order valence-electron chi connectivity index (χ2n) is 2.85. The van der Waals surface area contributed by atoms with Crippen LogP contribution in [0.3, 0.4) is 0 Å². The molecule has 1 aromatic rings. The van der Waals surface area contributed by atoms with E-state index in [0.29, 0.717) is 5.69 Å². The highest BCUT2D eigenvalue weighted by atomic mass is 16.6. The van der Waals surface area contributed by atoms with Gasteiger partial charge >= 0.3 is 5.97 Å². The van der Waals surface area contributed by atoms with E-state index in [2.05, 4.69) is 4.74 Å². The van der Waals surface area contributed by atoms with Crippen LogP contribution in [0.1, 0.15) is 5.69 Å². The van der Waals surface area contributed by atoms with Crippen molar-refractivity contribution in [2.45, 2.75) is 0 Å². The fourth-order valence-electron chi connectivity index (χ4n) is 1.05. The highest BCUT2D eigenvalue weighted by Crippen LogP contribution is 2.16. The number of aromatic nitrogens is 1. The quantitative estimate of drug-likeness (QED) is 0.324. The van der Waals surface area contributed by atoms with Crippen molar-refractivity contribution in [2.75, 3.05) is 7.11 Å². The standard InChI is InChI=1S/C9H10N2O4/c1-10-6-8(11(13)14)5-7(10)3-4-9(12)15-2/h3-6H,1-2H3/b4-3+. The first-order valence-electron chi connectivity index (χ1n) is 4.11. The summed E-state index contributed by atoms with van der Waals surface area (Å²) in [4.78, 5) is 20.7. The second kappa shape index (κ2) is 4.41. The Bertz CT molecular complexity index is 420. The van der Waals surface area contributed by atoms with Crippen LogP contribution in [0.5, 0.6) is 0 Å². The van der Waals surface area contributed by atoms with Gasteiger partial charge in [0.15, 0.2) is 0 Å². The number of nitrogens with zero attached hydrogens (tertiary/aromatic N) is 2. The van der Waals surface area contributed by atoms with Gasteiger partial charge in [0.1, 0.15) is 0 Å². The van der Waals surface area contributed by atoms with Crippen molar-refractivity contribution in [1.82, 2.24) is 4.57 Å². The van der Waals surface area contributed by atoms with Gasteiger partial charge in [-0.2, -0.15) is 0 Å². The molecule has 0 aromatic carbocycles. The van der Waals surface area contributed by atoms with Crippen LogP contribution in [-0.2, 0) is 16.6 Å². The molecule has 0 saturated heterocycles. The van der Waals surface area contributed by atoms with E-state index in [9.17, 15) is 14.9 Å². The van der Waals surface area contributed by atoms with Crippen LogP contribution in [0.2, 0.25) is 0 Å². The van der Waals surface area contributed by atoms with E-state index in [1.54, 1.807) is 11.6 Å². The number of aryl methyl sites for hydroxylation is 1. The Kier molecular flexibility index (Phi) is 3.22. The summed E-state index contributed by atoms with van der Waals surface area (Å²) in [7, 11) is 2.92. The molecule has 0 aliphatic rings. The largest absolute Gasteiger partial charge is 0.466 e. The molecule has 0 aliphatic carbocycles. The Morgan fingerprint density at radius 2 is 2.33 bits per heavy atom. The predicted molar refractivity (Wildman–Crippen MR) is 53.1 cm³/mol. The first-order chi connectivity index (χ1) is 7.04. The van der Waals surface area contributed by atoms with Crippen LogP contribution < -0.4 is 0 Å². The van der Waals surface area contributed by atoms with Crippen LogP contribution in [0.25, 0.3) is 6.08 Å². The number of hydrogen-bond donors (Lipinski definition) is 0. The van der Waals surface area contributed by atoms with Crippen molar-refractivity contribution in [3.63, 3.8) is 0 Å². The molecule has 0 saturated carbocycles. The zero-order valence-electron chi connectivity index (χ0n) is 8.34.